The zero-order valence-electron chi connectivity index (χ0n) is 14.2. The Hall–Kier alpha value is -3.39. The van der Waals surface area contributed by atoms with Crippen LogP contribution < -0.4 is 0 Å². The topological polar surface area (TPSA) is 32.6 Å². The van der Waals surface area contributed by atoms with Crippen molar-refractivity contribution < 1.29 is 5.11 Å². The molecule has 5 aromatic rings. The number of aliphatic imine (C=N–C) groups is 1. The average molecular weight is 335 g/mol. The van der Waals surface area contributed by atoms with E-state index in [1.54, 1.807) is 12.3 Å². The number of phenols is 1. The molecule has 1 N–H and O–H groups in total. The minimum Gasteiger partial charge on any atom is -0.507 e. The van der Waals surface area contributed by atoms with Crippen LogP contribution >= 0.6 is 0 Å². The molecule has 0 spiro atoms. The lowest BCUT2D eigenvalue weighted by Gasteiger charge is -2.11. The average Bonchev–Trinajstić information content (AvgIpc) is 2.67. The molecule has 0 saturated carbocycles. The molecule has 0 bridgehead atoms. The largest absolute Gasteiger partial charge is 0.507 e. The minimum absolute atomic E-state index is 0.256. The van der Waals surface area contributed by atoms with Gasteiger partial charge in [0.05, 0.1) is 6.54 Å². The molecular weight excluding hydrogens is 318 g/mol. The summed E-state index contributed by atoms with van der Waals surface area (Å²) in [5.41, 5.74) is 1.91. The van der Waals surface area contributed by atoms with Crippen molar-refractivity contribution in [3.8, 4) is 5.75 Å². The molecule has 5 rings (SSSR count). The third-order valence-electron chi connectivity index (χ3n) is 4.96. The van der Waals surface area contributed by atoms with Gasteiger partial charge >= 0.3 is 0 Å². The van der Waals surface area contributed by atoms with Gasteiger partial charge in [0, 0.05) is 11.8 Å². The minimum atomic E-state index is 0.256. The van der Waals surface area contributed by atoms with Crippen LogP contribution in [0.15, 0.2) is 83.9 Å². The molecule has 0 aromatic heterocycles. The monoisotopic (exact) mass is 335 g/mol. The van der Waals surface area contributed by atoms with Crippen molar-refractivity contribution in [2.75, 3.05) is 0 Å². The van der Waals surface area contributed by atoms with E-state index in [0.717, 1.165) is 5.56 Å². The van der Waals surface area contributed by atoms with Gasteiger partial charge < -0.3 is 5.11 Å². The Kier molecular flexibility index (Phi) is 3.36. The Labute approximate surface area is 151 Å². The summed E-state index contributed by atoms with van der Waals surface area (Å²) >= 11 is 0. The van der Waals surface area contributed by atoms with E-state index >= 15 is 0 Å². The zero-order valence-corrected chi connectivity index (χ0v) is 14.2. The first kappa shape index (κ1) is 14.9. The molecule has 0 aliphatic rings. The molecule has 26 heavy (non-hydrogen) atoms. The number of phenolic OH excluding ortho intramolecular Hbond substituents is 1. The van der Waals surface area contributed by atoms with Crippen molar-refractivity contribution in [2.24, 2.45) is 4.99 Å². The van der Waals surface area contributed by atoms with Crippen molar-refractivity contribution in [1.82, 2.24) is 0 Å². The summed E-state index contributed by atoms with van der Waals surface area (Å²) in [6, 6.07) is 26.9. The summed E-state index contributed by atoms with van der Waals surface area (Å²) in [5.74, 6) is 0.256. The van der Waals surface area contributed by atoms with Gasteiger partial charge in [-0.2, -0.15) is 0 Å². The molecule has 0 aliphatic carbocycles. The predicted octanol–water partition coefficient (Wildman–Crippen LogP) is 5.91. The first-order valence-corrected chi connectivity index (χ1v) is 8.74. The van der Waals surface area contributed by atoms with Crippen molar-refractivity contribution in [1.29, 1.82) is 0 Å². The summed E-state index contributed by atoms with van der Waals surface area (Å²) < 4.78 is 0. The van der Waals surface area contributed by atoms with Gasteiger partial charge in [0.1, 0.15) is 5.75 Å². The van der Waals surface area contributed by atoms with Gasteiger partial charge in [-0.1, -0.05) is 54.6 Å². The lowest BCUT2D eigenvalue weighted by atomic mass is 9.93. The molecule has 2 heteroatoms. The number of aromatic hydroxyl groups is 1. The van der Waals surface area contributed by atoms with Gasteiger partial charge in [-0.05, 0) is 62.1 Å². The number of para-hydroxylation sites is 1. The van der Waals surface area contributed by atoms with Crippen LogP contribution in [0.3, 0.4) is 0 Å². The van der Waals surface area contributed by atoms with Gasteiger partial charge in [0.25, 0.3) is 0 Å². The Morgan fingerprint density at radius 2 is 1.31 bits per heavy atom. The molecule has 0 radical (unpaired) electrons. The van der Waals surface area contributed by atoms with E-state index in [2.05, 4.69) is 59.6 Å². The summed E-state index contributed by atoms with van der Waals surface area (Å²) in [7, 11) is 0. The van der Waals surface area contributed by atoms with Crippen LogP contribution in [-0.4, -0.2) is 11.3 Å². The quantitative estimate of drug-likeness (QED) is 0.323. The molecule has 0 amide bonds. The van der Waals surface area contributed by atoms with Crippen LogP contribution in [0.4, 0.5) is 0 Å². The van der Waals surface area contributed by atoms with Gasteiger partial charge in [-0.15, -0.1) is 0 Å². The van der Waals surface area contributed by atoms with E-state index in [1.165, 1.54) is 37.9 Å². The highest BCUT2D eigenvalue weighted by Crippen LogP contribution is 2.35. The third kappa shape index (κ3) is 2.39. The third-order valence-corrected chi connectivity index (χ3v) is 4.96. The lowest BCUT2D eigenvalue weighted by molar-refractivity contribution is 0.474. The van der Waals surface area contributed by atoms with Crippen LogP contribution in [0.5, 0.6) is 5.75 Å². The second kappa shape index (κ2) is 5.85. The fraction of sp³-hybridized carbons (Fsp3) is 0.0417. The van der Waals surface area contributed by atoms with Gasteiger partial charge in [-0.3, -0.25) is 4.99 Å². The van der Waals surface area contributed by atoms with E-state index in [9.17, 15) is 5.11 Å². The molecule has 0 heterocycles. The highest BCUT2D eigenvalue weighted by atomic mass is 16.3. The maximum absolute atomic E-state index is 9.84. The molecule has 0 saturated heterocycles. The summed E-state index contributed by atoms with van der Waals surface area (Å²) in [6.45, 7) is 0.588. The fourth-order valence-electron chi connectivity index (χ4n) is 3.76. The maximum atomic E-state index is 9.84. The van der Waals surface area contributed by atoms with E-state index in [4.69, 9.17) is 0 Å². The van der Waals surface area contributed by atoms with Crippen LogP contribution in [0, 0.1) is 0 Å². The van der Waals surface area contributed by atoms with Crippen LogP contribution in [0.1, 0.15) is 11.1 Å². The highest BCUT2D eigenvalue weighted by molar-refractivity contribution is 6.23. The number of hydrogen-bond acceptors (Lipinski definition) is 2. The van der Waals surface area contributed by atoms with Gasteiger partial charge in [-0.25, -0.2) is 0 Å². The van der Waals surface area contributed by atoms with Crippen molar-refractivity contribution in [3.63, 3.8) is 0 Å². The molecule has 0 fully saturated rings. The van der Waals surface area contributed by atoms with Crippen LogP contribution in [-0.2, 0) is 6.54 Å². The Balaban J connectivity index is 1.58. The summed E-state index contributed by atoms with van der Waals surface area (Å²) in [5, 5.41) is 17.6. The summed E-state index contributed by atoms with van der Waals surface area (Å²) in [4.78, 5) is 4.52. The highest BCUT2D eigenvalue weighted by Gasteiger charge is 2.08. The van der Waals surface area contributed by atoms with E-state index in [-0.39, 0.29) is 5.75 Å². The molecule has 5 aromatic carbocycles. The fourth-order valence-corrected chi connectivity index (χ4v) is 3.76. The molecule has 124 valence electrons. The standard InChI is InChI=1S/C24H17NO/c26-22-7-2-1-4-21(22)15-25-14-16-12-19-10-8-17-5-3-6-18-9-11-20(13-16)24(19)23(17)18/h1-13,15,26H,14H2. The molecule has 0 aliphatic heterocycles. The smallest absolute Gasteiger partial charge is 0.124 e. The van der Waals surface area contributed by atoms with Gasteiger partial charge in [0.2, 0.25) is 0 Å². The zero-order chi connectivity index (χ0) is 17.5. The molecule has 0 atom stereocenters. The molecular formula is C24H17NO. The van der Waals surface area contributed by atoms with Crippen molar-refractivity contribution >= 4 is 38.5 Å². The Bertz CT molecular complexity index is 1210. The number of hydrogen-bond donors (Lipinski definition) is 1. The SMILES string of the molecule is Oc1ccccc1C=NCc1cc2ccc3cccc4ccc(c1)c2c34. The van der Waals surface area contributed by atoms with Crippen LogP contribution in [0.25, 0.3) is 32.3 Å². The Morgan fingerprint density at radius 1 is 0.692 bits per heavy atom. The van der Waals surface area contributed by atoms with E-state index in [1.807, 2.05) is 18.2 Å². The maximum Gasteiger partial charge on any atom is 0.124 e. The first-order valence-electron chi connectivity index (χ1n) is 8.74. The Morgan fingerprint density at radius 3 is 2.00 bits per heavy atom. The first-order chi connectivity index (χ1) is 12.8. The second-order valence-corrected chi connectivity index (χ2v) is 6.66. The number of nitrogens with zero attached hydrogens (tertiary/aromatic N) is 1. The normalized spacial score (nSPS) is 12.0. The number of rotatable bonds is 3. The van der Waals surface area contributed by atoms with E-state index in [0.29, 0.717) is 6.54 Å². The molecule has 0 unspecified atom stereocenters. The van der Waals surface area contributed by atoms with E-state index < -0.39 is 0 Å². The van der Waals surface area contributed by atoms with Gasteiger partial charge in [0.15, 0.2) is 0 Å². The predicted molar refractivity (Wildman–Crippen MR) is 110 cm³/mol. The number of benzene rings is 5. The lowest BCUT2D eigenvalue weighted by Crippen LogP contribution is -1.89. The second-order valence-electron chi connectivity index (χ2n) is 6.66. The van der Waals surface area contributed by atoms with Crippen LogP contribution in [0.2, 0.25) is 0 Å². The van der Waals surface area contributed by atoms with Crippen molar-refractivity contribution in [3.05, 3.63) is 90.0 Å². The molecule has 2 nitrogen and oxygen atoms in total. The van der Waals surface area contributed by atoms with Crippen molar-refractivity contribution in [2.45, 2.75) is 6.54 Å². The summed E-state index contributed by atoms with van der Waals surface area (Å²) in [6.07, 6.45) is 1.74.